The summed E-state index contributed by atoms with van der Waals surface area (Å²) < 4.78 is 417. The van der Waals surface area contributed by atoms with Crippen molar-refractivity contribution in [2.24, 2.45) is 0 Å². The van der Waals surface area contributed by atoms with Gasteiger partial charge in [0.15, 0.2) is 175 Å². The molecule has 606 valence electrons. The molecule has 6 rings (SSSR count). The van der Waals surface area contributed by atoms with Gasteiger partial charge in [-0.15, -0.1) is 0 Å². The normalized spacial score (nSPS) is 11.2. The average Bonchev–Trinajstić information content (AvgIpc) is 0.735. The Balaban J connectivity index is 0.000000416. The second kappa shape index (κ2) is 47.7. The number of hydrogen-bond donors (Lipinski definition) is 1. The van der Waals surface area contributed by atoms with Crippen LogP contribution < -0.4 is 37.7 Å². The zero-order valence-electron chi connectivity index (χ0n) is 59.4. The first-order chi connectivity index (χ1) is 51.5. The molecule has 4 nitrogen and oxygen atoms in total. The number of benzene rings is 6. The van der Waals surface area contributed by atoms with Crippen molar-refractivity contribution in [1.82, 2.24) is 0 Å². The van der Waals surface area contributed by atoms with Gasteiger partial charge in [0.2, 0.25) is 0 Å². The quantitative estimate of drug-likeness (QED) is 0.00582. The van der Waals surface area contributed by atoms with Crippen LogP contribution in [0, 0.1) is 175 Å². The smallest absolute Gasteiger partial charge is 0.265 e. The van der Waals surface area contributed by atoms with Crippen LogP contribution in [-0.4, -0.2) is 33.6 Å². The number of quaternary nitrogens is 1. The molecule has 0 unspecified atom stereocenters. The molecule has 6 aromatic rings. The maximum atomic E-state index is 14.4. The highest BCUT2D eigenvalue weighted by atomic mass is 19.2. The highest BCUT2D eigenvalue weighted by molar-refractivity contribution is 6.96. The van der Waals surface area contributed by atoms with Crippen molar-refractivity contribution in [3.8, 4) is 0 Å². The van der Waals surface area contributed by atoms with Gasteiger partial charge in [0.25, 0.3) is 13.4 Å². The molecule has 0 atom stereocenters. The Hall–Kier alpha value is -7.38. The van der Waals surface area contributed by atoms with E-state index in [-0.39, 0.29) is 0 Å². The van der Waals surface area contributed by atoms with Crippen molar-refractivity contribution in [3.63, 3.8) is 0 Å². The van der Waals surface area contributed by atoms with Gasteiger partial charge in [0.1, 0.15) is 0 Å². The molecule has 0 amide bonds. The molecule has 0 fully saturated rings. The summed E-state index contributed by atoms with van der Waals surface area (Å²) in [6, 6.07) is 0. The highest BCUT2D eigenvalue weighted by Gasteiger charge is 2.47. The van der Waals surface area contributed by atoms with Crippen LogP contribution in [0.2, 0.25) is 0 Å². The Morgan fingerprint density at radius 3 is 0.385 bits per heavy atom. The molecule has 0 spiro atoms. The SMILES string of the molecule is CCCCCCCCCCCCCCCCCC[NH+](C)CCCCCCCCCCCCCCCCCC.Fc1c(F)c(F)c(B(c2c(F)c(F)c(F)c(F)c2F)c2c(F)c(F)c(F)c(F)c2F)c(F)c1F.Fc1c(F)c(F)c(B(c2c(F)c(F)c(F)c(F)c2F)c2c(F)c(F)c(F)c(F)c2F)c(F)c1F.[N-]=[N+]=[N-]. The molecular weight excluding hydrogens is 1520 g/mol. The third-order valence-electron chi connectivity index (χ3n) is 18.1. The molecule has 0 aliphatic carbocycles. The molecule has 0 aliphatic rings. The van der Waals surface area contributed by atoms with Crippen molar-refractivity contribution < 1.29 is 137 Å². The molecule has 36 heteroatoms. The monoisotopic (exact) mass is 1600 g/mol. The number of nitrogens with one attached hydrogen (secondary N) is 1. The molecule has 0 bridgehead atoms. The fraction of sp³-hybridized carbons (Fsp3) is 0.507. The minimum Gasteiger partial charge on any atom is -0.373 e. The van der Waals surface area contributed by atoms with E-state index >= 15 is 0 Å². The van der Waals surface area contributed by atoms with E-state index in [0.29, 0.717) is 0 Å². The fourth-order valence-electron chi connectivity index (χ4n) is 12.2. The number of unbranched alkanes of at least 4 members (excludes halogenated alkanes) is 30. The number of nitrogens with zero attached hydrogens (tertiary/aromatic N) is 3. The molecule has 0 aliphatic heterocycles. The molecule has 0 saturated carbocycles. The second-order valence-electron chi connectivity index (χ2n) is 25.9. The van der Waals surface area contributed by atoms with E-state index in [1.165, 1.54) is 223 Å². The second-order valence-corrected chi connectivity index (χ2v) is 25.9. The largest absolute Gasteiger partial charge is 0.373 e. The Bertz CT molecular complexity index is 3240. The van der Waals surface area contributed by atoms with Gasteiger partial charge in [-0.25, -0.2) is 132 Å². The fourth-order valence-corrected chi connectivity index (χ4v) is 12.2. The van der Waals surface area contributed by atoms with Gasteiger partial charge in [0, 0.05) is 32.8 Å². The van der Waals surface area contributed by atoms with Crippen molar-refractivity contribution >= 4 is 46.2 Å². The summed E-state index contributed by atoms with van der Waals surface area (Å²) in [5.41, 5.74) is -2.57. The Kier molecular flexibility index (Phi) is 42.0. The molecule has 109 heavy (non-hydrogen) atoms. The summed E-state index contributed by atoms with van der Waals surface area (Å²) in [6.07, 6.45) is 47.0. The molecule has 0 radical (unpaired) electrons. The summed E-state index contributed by atoms with van der Waals surface area (Å²) in [7, 11) is 2.43. The minimum atomic E-state index is -3.96. The topological polar surface area (TPSA) is 63.1 Å². The van der Waals surface area contributed by atoms with Gasteiger partial charge in [0.05, 0.1) is 20.1 Å². The first kappa shape index (κ1) is 95.8. The molecule has 0 heterocycles. The number of rotatable bonds is 40. The van der Waals surface area contributed by atoms with Crippen molar-refractivity contribution in [3.05, 3.63) is 190 Å². The zero-order chi connectivity index (χ0) is 82.3. The van der Waals surface area contributed by atoms with Gasteiger partial charge < -0.3 is 16.0 Å². The van der Waals surface area contributed by atoms with E-state index in [4.69, 9.17) is 11.1 Å². The maximum Gasteiger partial charge on any atom is 0.265 e. The summed E-state index contributed by atoms with van der Waals surface area (Å²) in [5.74, 6) is -90.4. The average molecular weight is 1600 g/mol. The first-order valence-corrected chi connectivity index (χ1v) is 35.4. The van der Waals surface area contributed by atoms with E-state index in [9.17, 15) is 132 Å². The Morgan fingerprint density at radius 1 is 0.183 bits per heavy atom. The Labute approximate surface area is 611 Å². The van der Waals surface area contributed by atoms with Crippen LogP contribution >= 0.6 is 0 Å². The van der Waals surface area contributed by atoms with Crippen LogP contribution in [-0.2, 0) is 0 Å². The standard InChI is InChI=1S/C37H77N.2C18BF15.N3/c1-4-6-8-10-12-14-16-18-20-22-24-26-28-30-32-34-36-38(3)37-35-33-31-29-27-25-23-21-19-17-15-13-11-9-7-5-2;2*20-4-1(5(21)11(27)16(32)10(4)26)19(2-6(22)12(28)17(33)13(29)7(2)23)3-8(24)14(30)18(34)15(31)9(3)25;1-3-2/h4-37H2,1-3H3;;;/q;;;-1/p+1. The number of halogens is 30. The predicted molar refractivity (Wildman–Crippen MR) is 352 cm³/mol. The molecule has 1 N–H and O–H groups in total. The van der Waals surface area contributed by atoms with E-state index in [1.807, 2.05) is 0 Å². The maximum absolute atomic E-state index is 14.4. The van der Waals surface area contributed by atoms with Crippen LogP contribution in [0.5, 0.6) is 0 Å². The van der Waals surface area contributed by atoms with Gasteiger partial charge in [-0.3, -0.25) is 4.91 Å². The van der Waals surface area contributed by atoms with Crippen molar-refractivity contribution in [1.29, 1.82) is 0 Å². The lowest BCUT2D eigenvalue weighted by molar-refractivity contribution is -0.880. The van der Waals surface area contributed by atoms with E-state index in [2.05, 4.69) is 20.9 Å². The lowest BCUT2D eigenvalue weighted by atomic mass is 9.36. The van der Waals surface area contributed by atoms with Crippen LogP contribution in [0.15, 0.2) is 0 Å². The lowest BCUT2D eigenvalue weighted by Gasteiger charge is -2.21. The summed E-state index contributed by atoms with van der Waals surface area (Å²) in [6.45, 7) is -0.502. The van der Waals surface area contributed by atoms with Gasteiger partial charge in [-0.05, 0) is 25.7 Å². The zero-order valence-corrected chi connectivity index (χ0v) is 59.4. The molecule has 0 saturated heterocycles. The first-order valence-electron chi connectivity index (χ1n) is 35.4. The van der Waals surface area contributed by atoms with Crippen LogP contribution in [0.4, 0.5) is 132 Å². The predicted octanol–water partition coefficient (Wildman–Crippen LogP) is 21.5. The van der Waals surface area contributed by atoms with Crippen LogP contribution in [0.3, 0.4) is 0 Å². The minimum absolute atomic E-state index is 1.37. The van der Waals surface area contributed by atoms with Crippen molar-refractivity contribution in [2.45, 2.75) is 219 Å². The number of hydrogen-bond acceptors (Lipinski definition) is 0. The van der Waals surface area contributed by atoms with Gasteiger partial charge in [-0.2, -0.15) is 0 Å². The van der Waals surface area contributed by atoms with E-state index in [0.717, 1.165) is 0 Å². The van der Waals surface area contributed by atoms with Crippen molar-refractivity contribution in [2.75, 3.05) is 20.1 Å². The van der Waals surface area contributed by atoms with Gasteiger partial charge >= 0.3 is 0 Å². The van der Waals surface area contributed by atoms with Crippen LogP contribution in [0.25, 0.3) is 16.0 Å². The van der Waals surface area contributed by atoms with Crippen LogP contribution in [0.1, 0.15) is 219 Å². The molecule has 0 aromatic heterocycles. The van der Waals surface area contributed by atoms with E-state index < -0.39 is 221 Å². The third kappa shape index (κ3) is 25.3. The molecule has 6 aromatic carbocycles. The lowest BCUT2D eigenvalue weighted by Crippen LogP contribution is -3.09. The van der Waals surface area contributed by atoms with E-state index in [1.54, 1.807) is 4.90 Å². The highest BCUT2D eigenvalue weighted by Crippen LogP contribution is 2.28. The third-order valence-corrected chi connectivity index (χ3v) is 18.1. The summed E-state index contributed by atoms with van der Waals surface area (Å²) in [5, 5.41) is 0. The molecular formula is C73H78B2F30N4. The summed E-state index contributed by atoms with van der Waals surface area (Å²) >= 11 is 0. The summed E-state index contributed by atoms with van der Waals surface area (Å²) in [4.78, 5) is 3.28. The Morgan fingerprint density at radius 2 is 0.275 bits per heavy atom. The van der Waals surface area contributed by atoms with Gasteiger partial charge in [-0.1, -0.05) is 194 Å².